The summed E-state index contributed by atoms with van der Waals surface area (Å²) in [5.41, 5.74) is -0.759. The zero-order valence-corrected chi connectivity index (χ0v) is 16.6. The number of nitro benzene ring substituents is 1. The van der Waals surface area contributed by atoms with Crippen molar-refractivity contribution < 1.29 is 37.2 Å². The van der Waals surface area contributed by atoms with Crippen molar-refractivity contribution in [2.45, 2.75) is 25.1 Å². The molecule has 1 amide bonds. The molecule has 2 aromatic rings. The lowest BCUT2D eigenvalue weighted by Gasteiger charge is -2.17. The van der Waals surface area contributed by atoms with Crippen LogP contribution in [-0.2, 0) is 33.3 Å². The van der Waals surface area contributed by atoms with Crippen molar-refractivity contribution in [2.75, 3.05) is 14.2 Å². The van der Waals surface area contributed by atoms with Gasteiger partial charge in [-0.05, 0) is 23.3 Å². The van der Waals surface area contributed by atoms with E-state index in [1.807, 2.05) is 0 Å². The van der Waals surface area contributed by atoms with Crippen molar-refractivity contribution in [1.29, 1.82) is 0 Å². The number of nitrogens with one attached hydrogen (secondary N) is 1. The van der Waals surface area contributed by atoms with Crippen LogP contribution in [0.15, 0.2) is 42.5 Å². The van der Waals surface area contributed by atoms with Crippen molar-refractivity contribution in [3.8, 4) is 5.75 Å². The summed E-state index contributed by atoms with van der Waals surface area (Å²) in [5.74, 6) is -1.49. The third-order valence-corrected chi connectivity index (χ3v) is 4.32. The van der Waals surface area contributed by atoms with Gasteiger partial charge in [0.05, 0.1) is 31.1 Å². The maximum absolute atomic E-state index is 12.8. The van der Waals surface area contributed by atoms with E-state index in [0.717, 1.165) is 19.2 Å². The summed E-state index contributed by atoms with van der Waals surface area (Å²) in [6, 6.07) is 7.11. The SMILES string of the molecule is COC(=O)[C@H](Cc1ccc(OC)c([N+](=O)[O-])c1)NC(=O)Cc1cccc(C(F)(F)F)c1. The zero-order chi connectivity index (χ0) is 23.2. The molecule has 0 heterocycles. The van der Waals surface area contributed by atoms with Gasteiger partial charge in [0, 0.05) is 12.5 Å². The molecular weight excluding hydrogens is 421 g/mol. The monoisotopic (exact) mass is 440 g/mol. The van der Waals surface area contributed by atoms with Crippen LogP contribution in [0.1, 0.15) is 16.7 Å². The number of esters is 1. The number of hydrogen-bond acceptors (Lipinski definition) is 6. The number of amides is 1. The second-order valence-corrected chi connectivity index (χ2v) is 6.49. The maximum Gasteiger partial charge on any atom is 0.416 e. The Labute approximate surface area is 175 Å². The van der Waals surface area contributed by atoms with Crippen LogP contribution < -0.4 is 10.1 Å². The first-order valence-electron chi connectivity index (χ1n) is 8.89. The van der Waals surface area contributed by atoms with E-state index >= 15 is 0 Å². The van der Waals surface area contributed by atoms with Gasteiger partial charge in [-0.1, -0.05) is 24.3 Å². The van der Waals surface area contributed by atoms with Gasteiger partial charge in [-0.25, -0.2) is 4.79 Å². The molecule has 0 unspecified atom stereocenters. The number of carbonyl (C=O) groups excluding carboxylic acids is 2. The van der Waals surface area contributed by atoms with Gasteiger partial charge in [-0.2, -0.15) is 13.2 Å². The van der Waals surface area contributed by atoms with Crippen molar-refractivity contribution in [1.82, 2.24) is 5.32 Å². The summed E-state index contributed by atoms with van der Waals surface area (Å²) < 4.78 is 48.1. The molecule has 2 aromatic carbocycles. The summed E-state index contributed by atoms with van der Waals surface area (Å²) in [5, 5.41) is 13.6. The fourth-order valence-electron chi connectivity index (χ4n) is 2.86. The normalized spacial score (nSPS) is 12.0. The van der Waals surface area contributed by atoms with E-state index < -0.39 is 41.0 Å². The Kier molecular flexibility index (Phi) is 7.56. The Morgan fingerprint density at radius 3 is 2.42 bits per heavy atom. The third kappa shape index (κ3) is 6.43. The highest BCUT2D eigenvalue weighted by molar-refractivity contribution is 5.85. The average molecular weight is 440 g/mol. The molecule has 0 aliphatic heterocycles. The number of rotatable bonds is 8. The van der Waals surface area contributed by atoms with Crippen LogP contribution in [0.3, 0.4) is 0 Å². The van der Waals surface area contributed by atoms with Crippen LogP contribution in [-0.4, -0.2) is 37.1 Å². The number of alkyl halides is 3. The molecule has 2 rings (SSSR count). The average Bonchev–Trinajstić information content (AvgIpc) is 2.72. The highest BCUT2D eigenvalue weighted by atomic mass is 19.4. The van der Waals surface area contributed by atoms with E-state index in [0.29, 0.717) is 5.56 Å². The fourth-order valence-corrected chi connectivity index (χ4v) is 2.86. The number of nitro groups is 1. The highest BCUT2D eigenvalue weighted by Gasteiger charge is 2.30. The summed E-state index contributed by atoms with van der Waals surface area (Å²) in [6.45, 7) is 0. The minimum atomic E-state index is -4.55. The summed E-state index contributed by atoms with van der Waals surface area (Å²) in [7, 11) is 2.37. The minimum Gasteiger partial charge on any atom is -0.490 e. The smallest absolute Gasteiger partial charge is 0.416 e. The maximum atomic E-state index is 12.8. The van der Waals surface area contributed by atoms with Gasteiger partial charge in [0.2, 0.25) is 5.91 Å². The predicted molar refractivity (Wildman–Crippen MR) is 102 cm³/mol. The molecule has 0 aliphatic carbocycles. The molecule has 166 valence electrons. The van der Waals surface area contributed by atoms with Crippen LogP contribution in [0.5, 0.6) is 5.75 Å². The lowest BCUT2D eigenvalue weighted by molar-refractivity contribution is -0.385. The molecule has 31 heavy (non-hydrogen) atoms. The quantitative estimate of drug-likeness (QED) is 0.384. The van der Waals surface area contributed by atoms with Gasteiger partial charge in [0.25, 0.3) is 0 Å². The van der Waals surface area contributed by atoms with E-state index in [1.165, 1.54) is 37.4 Å². The Morgan fingerprint density at radius 2 is 1.84 bits per heavy atom. The number of halogens is 3. The number of benzene rings is 2. The van der Waals surface area contributed by atoms with Crippen LogP contribution in [0.25, 0.3) is 0 Å². The molecule has 8 nitrogen and oxygen atoms in total. The lowest BCUT2D eigenvalue weighted by atomic mass is 10.0. The fraction of sp³-hybridized carbons (Fsp3) is 0.300. The topological polar surface area (TPSA) is 108 Å². The van der Waals surface area contributed by atoms with E-state index in [-0.39, 0.29) is 23.4 Å². The summed E-state index contributed by atoms with van der Waals surface area (Å²) in [4.78, 5) is 34.9. The number of nitrogens with zero attached hydrogens (tertiary/aromatic N) is 1. The van der Waals surface area contributed by atoms with E-state index in [2.05, 4.69) is 10.1 Å². The molecule has 0 fully saturated rings. The molecular formula is C20H19F3N2O6. The van der Waals surface area contributed by atoms with Crippen LogP contribution in [0.4, 0.5) is 18.9 Å². The lowest BCUT2D eigenvalue weighted by Crippen LogP contribution is -2.43. The molecule has 0 aliphatic rings. The van der Waals surface area contributed by atoms with E-state index in [4.69, 9.17) is 4.74 Å². The van der Waals surface area contributed by atoms with Crippen LogP contribution in [0.2, 0.25) is 0 Å². The standard InChI is InChI=1S/C20H19F3N2O6/c1-30-17-7-6-13(10-16(17)25(28)29)9-15(19(27)31-2)24-18(26)11-12-4-3-5-14(8-12)20(21,22)23/h3-8,10,15H,9,11H2,1-2H3,(H,24,26)/t15-/m0/s1. The Balaban J connectivity index is 2.17. The Bertz CT molecular complexity index is 978. The van der Waals surface area contributed by atoms with Crippen LogP contribution in [0, 0.1) is 10.1 Å². The number of ether oxygens (including phenoxy) is 2. The largest absolute Gasteiger partial charge is 0.490 e. The Hall–Kier alpha value is -3.63. The number of methoxy groups -OCH3 is 2. The van der Waals surface area contributed by atoms with Gasteiger partial charge in [0.15, 0.2) is 5.75 Å². The Morgan fingerprint density at radius 1 is 1.13 bits per heavy atom. The number of carbonyl (C=O) groups is 2. The van der Waals surface area contributed by atoms with Crippen molar-refractivity contribution >= 4 is 17.6 Å². The molecule has 0 aromatic heterocycles. The van der Waals surface area contributed by atoms with Crippen LogP contribution >= 0.6 is 0 Å². The molecule has 0 saturated carbocycles. The first-order chi connectivity index (χ1) is 14.5. The molecule has 0 saturated heterocycles. The predicted octanol–water partition coefficient (Wildman–Crippen LogP) is 3.07. The van der Waals surface area contributed by atoms with Crippen molar-refractivity contribution in [3.63, 3.8) is 0 Å². The van der Waals surface area contributed by atoms with Gasteiger partial charge >= 0.3 is 17.8 Å². The molecule has 0 spiro atoms. The van der Waals surface area contributed by atoms with E-state index in [1.54, 1.807) is 0 Å². The van der Waals surface area contributed by atoms with Gasteiger partial charge in [-0.15, -0.1) is 0 Å². The summed E-state index contributed by atoms with van der Waals surface area (Å²) >= 11 is 0. The third-order valence-electron chi connectivity index (χ3n) is 4.32. The molecule has 1 atom stereocenters. The molecule has 0 bridgehead atoms. The molecule has 1 N–H and O–H groups in total. The second-order valence-electron chi connectivity index (χ2n) is 6.49. The summed E-state index contributed by atoms with van der Waals surface area (Å²) in [6.07, 6.45) is -5.09. The highest BCUT2D eigenvalue weighted by Crippen LogP contribution is 2.30. The first-order valence-corrected chi connectivity index (χ1v) is 8.89. The molecule has 11 heteroatoms. The first kappa shape index (κ1) is 23.6. The minimum absolute atomic E-state index is 0.0250. The van der Waals surface area contributed by atoms with Crippen molar-refractivity contribution in [2.24, 2.45) is 0 Å². The zero-order valence-electron chi connectivity index (χ0n) is 16.6. The van der Waals surface area contributed by atoms with E-state index in [9.17, 15) is 32.9 Å². The van der Waals surface area contributed by atoms with Crippen molar-refractivity contribution in [3.05, 3.63) is 69.3 Å². The van der Waals surface area contributed by atoms with Gasteiger partial charge in [-0.3, -0.25) is 14.9 Å². The number of hydrogen-bond donors (Lipinski definition) is 1. The second kappa shape index (κ2) is 9.92. The van der Waals surface area contributed by atoms with Gasteiger partial charge < -0.3 is 14.8 Å². The van der Waals surface area contributed by atoms with Gasteiger partial charge in [0.1, 0.15) is 6.04 Å². The molecule has 0 radical (unpaired) electrons.